The third kappa shape index (κ3) is 2.29. The van der Waals surface area contributed by atoms with Gasteiger partial charge in [0.1, 0.15) is 11.4 Å². The van der Waals surface area contributed by atoms with Crippen LogP contribution >= 0.6 is 0 Å². The van der Waals surface area contributed by atoms with E-state index in [1.165, 1.54) is 0 Å². The summed E-state index contributed by atoms with van der Waals surface area (Å²) in [7, 11) is 0. The first-order chi connectivity index (χ1) is 8.58. The number of nitrogen functional groups attached to an aromatic ring is 1. The van der Waals surface area contributed by atoms with Gasteiger partial charge in [-0.2, -0.15) is 0 Å². The molecule has 0 radical (unpaired) electrons. The Labute approximate surface area is 101 Å². The predicted molar refractivity (Wildman–Crippen MR) is 66.5 cm³/mol. The highest BCUT2D eigenvalue weighted by Crippen LogP contribution is 2.08. The smallest absolute Gasteiger partial charge is 0.326 e. The fraction of sp³-hybridized carbons (Fsp3) is 0. The van der Waals surface area contributed by atoms with Gasteiger partial charge in [0.15, 0.2) is 0 Å². The molecule has 0 saturated carbocycles. The number of carbonyl (C=O) groups is 1. The van der Waals surface area contributed by atoms with Crippen LogP contribution in [-0.2, 0) is 0 Å². The zero-order valence-corrected chi connectivity index (χ0v) is 9.19. The standard InChI is InChI=1S/C11H10N4O3/c12-7-8(14-11(18)15-9(7)16)10(17)13-6-4-2-1-3-5-6/h1-5H,12H2,(H,13,17)(H2,14,15,16,18). The number of para-hydroxylation sites is 1. The van der Waals surface area contributed by atoms with Crippen LogP contribution in [0.15, 0.2) is 39.9 Å². The number of aromatic amines is 2. The van der Waals surface area contributed by atoms with Gasteiger partial charge in [-0.15, -0.1) is 0 Å². The second-order valence-corrected chi connectivity index (χ2v) is 3.52. The van der Waals surface area contributed by atoms with E-state index in [1.807, 2.05) is 4.98 Å². The van der Waals surface area contributed by atoms with Gasteiger partial charge >= 0.3 is 5.69 Å². The number of rotatable bonds is 2. The van der Waals surface area contributed by atoms with Crippen molar-refractivity contribution >= 4 is 17.3 Å². The highest BCUT2D eigenvalue weighted by Gasteiger charge is 2.14. The van der Waals surface area contributed by atoms with Crippen LogP contribution in [0, 0.1) is 0 Å². The summed E-state index contributed by atoms with van der Waals surface area (Å²) in [6.45, 7) is 0. The second kappa shape index (κ2) is 4.58. The maximum absolute atomic E-state index is 11.8. The van der Waals surface area contributed by atoms with Crippen molar-refractivity contribution in [2.75, 3.05) is 11.1 Å². The molecule has 0 aliphatic rings. The Morgan fingerprint density at radius 3 is 2.44 bits per heavy atom. The molecule has 0 aliphatic heterocycles. The molecule has 0 atom stereocenters. The molecule has 7 heteroatoms. The number of nitrogens with one attached hydrogen (secondary N) is 3. The molecule has 0 aliphatic carbocycles. The Kier molecular flexibility index (Phi) is 2.96. The summed E-state index contributed by atoms with van der Waals surface area (Å²) in [6.07, 6.45) is 0. The Balaban J connectivity index is 2.36. The van der Waals surface area contributed by atoms with Crippen LogP contribution in [0.1, 0.15) is 10.5 Å². The molecule has 2 aromatic rings. The second-order valence-electron chi connectivity index (χ2n) is 3.52. The number of benzene rings is 1. The molecule has 92 valence electrons. The van der Waals surface area contributed by atoms with Crippen molar-refractivity contribution < 1.29 is 4.79 Å². The fourth-order valence-corrected chi connectivity index (χ4v) is 1.39. The van der Waals surface area contributed by atoms with Crippen molar-refractivity contribution in [1.29, 1.82) is 0 Å². The highest BCUT2D eigenvalue weighted by atomic mass is 16.2. The number of anilines is 2. The summed E-state index contributed by atoms with van der Waals surface area (Å²) in [5.41, 5.74) is 3.80. The Morgan fingerprint density at radius 2 is 1.78 bits per heavy atom. The molecule has 5 N–H and O–H groups in total. The number of hydrogen-bond donors (Lipinski definition) is 4. The number of nitrogens with two attached hydrogens (primary N) is 1. The topological polar surface area (TPSA) is 121 Å². The molecule has 18 heavy (non-hydrogen) atoms. The molecule has 0 bridgehead atoms. The monoisotopic (exact) mass is 246 g/mol. The average molecular weight is 246 g/mol. The van der Waals surface area contributed by atoms with Gasteiger partial charge in [0.2, 0.25) is 0 Å². The molecule has 1 aromatic carbocycles. The molecule has 7 nitrogen and oxygen atoms in total. The maximum atomic E-state index is 11.8. The van der Waals surface area contributed by atoms with Crippen LogP contribution in [0.2, 0.25) is 0 Å². The lowest BCUT2D eigenvalue weighted by Gasteiger charge is -2.05. The molecule has 1 amide bonds. The molecular formula is C11H10N4O3. The van der Waals surface area contributed by atoms with Crippen molar-refractivity contribution in [1.82, 2.24) is 9.97 Å². The molecule has 1 aromatic heterocycles. The summed E-state index contributed by atoms with van der Waals surface area (Å²) in [5, 5.41) is 2.51. The zero-order chi connectivity index (χ0) is 13.1. The van der Waals surface area contributed by atoms with Gasteiger partial charge in [0.05, 0.1) is 0 Å². The van der Waals surface area contributed by atoms with Gasteiger partial charge in [-0.05, 0) is 12.1 Å². The van der Waals surface area contributed by atoms with Crippen LogP contribution in [0.4, 0.5) is 11.4 Å². The number of H-pyrrole nitrogens is 2. The quantitative estimate of drug-likeness (QED) is 0.591. The van der Waals surface area contributed by atoms with Gasteiger partial charge in [0, 0.05) is 5.69 Å². The van der Waals surface area contributed by atoms with Gasteiger partial charge in [0.25, 0.3) is 11.5 Å². The zero-order valence-electron chi connectivity index (χ0n) is 9.19. The van der Waals surface area contributed by atoms with E-state index in [2.05, 4.69) is 10.3 Å². The summed E-state index contributed by atoms with van der Waals surface area (Å²) < 4.78 is 0. The first-order valence-electron chi connectivity index (χ1n) is 5.06. The number of amides is 1. The first kappa shape index (κ1) is 11.6. The third-order valence-corrected chi connectivity index (χ3v) is 2.24. The van der Waals surface area contributed by atoms with E-state index in [9.17, 15) is 14.4 Å². The van der Waals surface area contributed by atoms with Crippen LogP contribution < -0.4 is 22.3 Å². The predicted octanol–water partition coefficient (Wildman–Crippen LogP) is -0.102. The minimum absolute atomic E-state index is 0.257. The minimum atomic E-state index is -0.794. The number of aromatic nitrogens is 2. The summed E-state index contributed by atoms with van der Waals surface area (Å²) >= 11 is 0. The van der Waals surface area contributed by atoms with Gasteiger partial charge in [-0.1, -0.05) is 18.2 Å². The van der Waals surface area contributed by atoms with E-state index in [0.29, 0.717) is 5.69 Å². The van der Waals surface area contributed by atoms with E-state index in [4.69, 9.17) is 5.73 Å². The Bertz CT molecular complexity index is 687. The lowest BCUT2D eigenvalue weighted by Crippen LogP contribution is -2.30. The van der Waals surface area contributed by atoms with Gasteiger partial charge in [-0.25, -0.2) is 4.79 Å². The fourth-order valence-electron chi connectivity index (χ4n) is 1.39. The molecule has 2 rings (SSSR count). The lowest BCUT2D eigenvalue weighted by atomic mass is 10.3. The van der Waals surface area contributed by atoms with Gasteiger partial charge in [-0.3, -0.25) is 14.6 Å². The van der Waals surface area contributed by atoms with Crippen molar-refractivity contribution in [3.8, 4) is 0 Å². The minimum Gasteiger partial charge on any atom is -0.392 e. The lowest BCUT2D eigenvalue weighted by molar-refractivity contribution is 0.102. The Morgan fingerprint density at radius 1 is 1.11 bits per heavy atom. The van der Waals surface area contributed by atoms with Crippen molar-refractivity contribution in [3.63, 3.8) is 0 Å². The van der Waals surface area contributed by atoms with Crippen LogP contribution in [0.25, 0.3) is 0 Å². The van der Waals surface area contributed by atoms with Crippen molar-refractivity contribution in [3.05, 3.63) is 56.9 Å². The summed E-state index contributed by atoms with van der Waals surface area (Å²) in [6, 6.07) is 8.59. The molecule has 0 saturated heterocycles. The third-order valence-electron chi connectivity index (χ3n) is 2.24. The number of carbonyl (C=O) groups excluding carboxylic acids is 1. The van der Waals surface area contributed by atoms with Gasteiger partial charge < -0.3 is 16.0 Å². The van der Waals surface area contributed by atoms with E-state index >= 15 is 0 Å². The van der Waals surface area contributed by atoms with E-state index in [-0.39, 0.29) is 11.4 Å². The van der Waals surface area contributed by atoms with Crippen LogP contribution in [0.5, 0.6) is 0 Å². The van der Waals surface area contributed by atoms with Crippen molar-refractivity contribution in [2.45, 2.75) is 0 Å². The van der Waals surface area contributed by atoms with Crippen LogP contribution in [0.3, 0.4) is 0 Å². The first-order valence-corrected chi connectivity index (χ1v) is 5.06. The Hall–Kier alpha value is -2.83. The summed E-state index contributed by atoms with van der Waals surface area (Å²) in [5.74, 6) is -0.651. The van der Waals surface area contributed by atoms with E-state index < -0.39 is 17.2 Å². The van der Waals surface area contributed by atoms with Crippen LogP contribution in [-0.4, -0.2) is 15.9 Å². The highest BCUT2D eigenvalue weighted by molar-refractivity contribution is 6.05. The average Bonchev–Trinajstić information content (AvgIpc) is 2.35. The molecule has 0 unspecified atom stereocenters. The normalized spacial score (nSPS) is 10.0. The molecule has 0 spiro atoms. The number of hydrogen-bond acceptors (Lipinski definition) is 4. The maximum Gasteiger partial charge on any atom is 0.326 e. The van der Waals surface area contributed by atoms with E-state index in [0.717, 1.165) is 0 Å². The molecule has 1 heterocycles. The SMILES string of the molecule is Nc1c(C(=O)Nc2ccccc2)[nH]c(=O)[nH]c1=O. The molecular weight excluding hydrogens is 236 g/mol. The van der Waals surface area contributed by atoms with E-state index in [1.54, 1.807) is 30.3 Å². The molecule has 0 fully saturated rings. The van der Waals surface area contributed by atoms with Crippen molar-refractivity contribution in [2.24, 2.45) is 0 Å². The summed E-state index contributed by atoms with van der Waals surface area (Å²) in [4.78, 5) is 38.3. The largest absolute Gasteiger partial charge is 0.392 e.